The van der Waals surface area contributed by atoms with Crippen LogP contribution in [0.2, 0.25) is 0 Å². The van der Waals surface area contributed by atoms with Crippen LogP contribution in [-0.4, -0.2) is 43.0 Å². The first-order chi connectivity index (χ1) is 12.6. The van der Waals surface area contributed by atoms with Gasteiger partial charge < -0.3 is 15.0 Å². The van der Waals surface area contributed by atoms with E-state index in [1.54, 1.807) is 11.9 Å². The number of rotatable bonds is 8. The molecule has 1 N–H and O–H groups in total. The molecule has 1 saturated carbocycles. The summed E-state index contributed by atoms with van der Waals surface area (Å²) in [6.45, 7) is 2.72. The lowest BCUT2D eigenvalue weighted by molar-refractivity contribution is -0.123. The van der Waals surface area contributed by atoms with Crippen LogP contribution in [0.1, 0.15) is 43.0 Å². The highest BCUT2D eigenvalue weighted by Crippen LogP contribution is 2.27. The lowest BCUT2D eigenvalue weighted by atomic mass is 10.0. The number of nitrogens with zero attached hydrogens (tertiary/aromatic N) is 1. The number of carbonyl (C=O) groups excluding carboxylic acids is 2. The van der Waals surface area contributed by atoms with Gasteiger partial charge in [-0.25, -0.2) is 0 Å². The zero-order chi connectivity index (χ0) is 18.5. The van der Waals surface area contributed by atoms with E-state index in [0.29, 0.717) is 23.9 Å². The van der Waals surface area contributed by atoms with E-state index < -0.39 is 0 Å². The smallest absolute Gasteiger partial charge is 0.258 e. The van der Waals surface area contributed by atoms with Gasteiger partial charge in [-0.05, 0) is 42.2 Å². The van der Waals surface area contributed by atoms with Crippen molar-refractivity contribution in [2.75, 3.05) is 20.2 Å². The third kappa shape index (κ3) is 4.54. The normalized spacial score (nSPS) is 13.5. The number of fused-ring (bicyclic) bond motifs is 1. The Morgan fingerprint density at radius 3 is 2.54 bits per heavy atom. The zero-order valence-corrected chi connectivity index (χ0v) is 15.5. The summed E-state index contributed by atoms with van der Waals surface area (Å²) < 4.78 is 5.75. The van der Waals surface area contributed by atoms with E-state index in [1.165, 1.54) is 0 Å². The Morgan fingerprint density at radius 1 is 1.19 bits per heavy atom. The molecule has 0 spiro atoms. The summed E-state index contributed by atoms with van der Waals surface area (Å²) in [6, 6.07) is 11.8. The molecule has 1 fully saturated rings. The van der Waals surface area contributed by atoms with Crippen LogP contribution in [-0.2, 0) is 4.79 Å². The highest BCUT2D eigenvalue weighted by atomic mass is 16.5. The average Bonchev–Trinajstić information content (AvgIpc) is 3.46. The number of nitrogens with one attached hydrogen (secondary N) is 1. The summed E-state index contributed by atoms with van der Waals surface area (Å²) in [7, 11) is 1.80. The molecule has 0 bridgehead atoms. The van der Waals surface area contributed by atoms with Gasteiger partial charge in [0.1, 0.15) is 5.75 Å². The average molecular weight is 354 g/mol. The van der Waals surface area contributed by atoms with Crippen LogP contribution >= 0.6 is 0 Å². The van der Waals surface area contributed by atoms with Gasteiger partial charge in [-0.2, -0.15) is 0 Å². The van der Waals surface area contributed by atoms with Crippen molar-refractivity contribution < 1.29 is 14.3 Å². The molecular weight excluding hydrogens is 328 g/mol. The maximum Gasteiger partial charge on any atom is 0.258 e. The van der Waals surface area contributed by atoms with Gasteiger partial charge in [0, 0.05) is 19.6 Å². The summed E-state index contributed by atoms with van der Waals surface area (Å²) in [5.74, 6) is 0.239. The van der Waals surface area contributed by atoms with Crippen LogP contribution in [0.3, 0.4) is 0 Å². The van der Waals surface area contributed by atoms with Gasteiger partial charge in [0.25, 0.3) is 11.8 Å². The minimum absolute atomic E-state index is 0.0756. The molecule has 0 aromatic heterocycles. The monoisotopic (exact) mass is 354 g/mol. The highest BCUT2D eigenvalue weighted by Gasteiger charge is 2.24. The van der Waals surface area contributed by atoms with Gasteiger partial charge in [0.2, 0.25) is 0 Å². The molecule has 0 heterocycles. The molecule has 2 aromatic carbocycles. The van der Waals surface area contributed by atoms with E-state index >= 15 is 0 Å². The van der Waals surface area contributed by atoms with Crippen molar-refractivity contribution in [3.8, 4) is 5.75 Å². The molecule has 1 aliphatic rings. The standard InChI is InChI=1S/C21H26N2O3/c1-3-4-11-23(2)21(25)18-12-15-7-5-6-8-16(15)13-19(18)26-14-20(24)22-17-9-10-17/h5-8,12-13,17H,3-4,9-11,14H2,1-2H3,(H,22,24). The van der Waals surface area contributed by atoms with Gasteiger partial charge in [-0.1, -0.05) is 37.6 Å². The molecule has 0 radical (unpaired) electrons. The van der Waals surface area contributed by atoms with Crippen molar-refractivity contribution in [2.45, 2.75) is 38.6 Å². The molecule has 0 unspecified atom stereocenters. The summed E-state index contributed by atoms with van der Waals surface area (Å²) >= 11 is 0. The number of amides is 2. The van der Waals surface area contributed by atoms with Gasteiger partial charge in [-0.15, -0.1) is 0 Å². The first kappa shape index (κ1) is 18.2. The van der Waals surface area contributed by atoms with Gasteiger partial charge in [-0.3, -0.25) is 9.59 Å². The van der Waals surface area contributed by atoms with E-state index in [4.69, 9.17) is 4.74 Å². The number of hydrogen-bond donors (Lipinski definition) is 1. The Hall–Kier alpha value is -2.56. The second-order valence-electron chi connectivity index (χ2n) is 6.91. The second kappa shape index (κ2) is 8.21. The predicted molar refractivity (Wildman–Crippen MR) is 102 cm³/mol. The molecule has 5 heteroatoms. The largest absolute Gasteiger partial charge is 0.483 e. The van der Waals surface area contributed by atoms with Crippen molar-refractivity contribution in [2.24, 2.45) is 0 Å². The van der Waals surface area contributed by atoms with E-state index in [2.05, 4.69) is 12.2 Å². The molecule has 138 valence electrons. The van der Waals surface area contributed by atoms with E-state index in [9.17, 15) is 9.59 Å². The van der Waals surface area contributed by atoms with Crippen LogP contribution in [0.4, 0.5) is 0 Å². The zero-order valence-electron chi connectivity index (χ0n) is 15.5. The minimum atomic E-state index is -0.140. The number of carbonyl (C=O) groups is 2. The molecule has 2 amide bonds. The first-order valence-corrected chi connectivity index (χ1v) is 9.29. The van der Waals surface area contributed by atoms with Crippen molar-refractivity contribution >= 4 is 22.6 Å². The molecule has 0 atom stereocenters. The fourth-order valence-corrected chi connectivity index (χ4v) is 2.85. The molecule has 1 aliphatic carbocycles. The molecule has 0 saturated heterocycles. The van der Waals surface area contributed by atoms with Crippen LogP contribution in [0.15, 0.2) is 36.4 Å². The predicted octanol–water partition coefficient (Wildman–Crippen LogP) is 3.37. The fourth-order valence-electron chi connectivity index (χ4n) is 2.85. The van der Waals surface area contributed by atoms with Crippen LogP contribution in [0, 0.1) is 0 Å². The van der Waals surface area contributed by atoms with Crippen molar-refractivity contribution in [3.05, 3.63) is 42.0 Å². The molecule has 3 rings (SSSR count). The summed E-state index contributed by atoms with van der Waals surface area (Å²) in [6.07, 6.45) is 4.05. The quantitative estimate of drug-likeness (QED) is 0.791. The Labute approximate surface area is 154 Å². The highest BCUT2D eigenvalue weighted by molar-refractivity contribution is 6.01. The number of hydrogen-bond acceptors (Lipinski definition) is 3. The molecule has 5 nitrogen and oxygen atoms in total. The first-order valence-electron chi connectivity index (χ1n) is 9.29. The Balaban J connectivity index is 1.83. The number of benzene rings is 2. The molecular formula is C21H26N2O3. The van der Waals surface area contributed by atoms with Crippen LogP contribution in [0.25, 0.3) is 10.8 Å². The molecule has 26 heavy (non-hydrogen) atoms. The Bertz CT molecular complexity index is 799. The summed E-state index contributed by atoms with van der Waals surface area (Å²) in [5.41, 5.74) is 0.501. The lowest BCUT2D eigenvalue weighted by Gasteiger charge is -2.19. The van der Waals surface area contributed by atoms with Gasteiger partial charge in [0.05, 0.1) is 5.56 Å². The fraction of sp³-hybridized carbons (Fsp3) is 0.429. The third-order valence-electron chi connectivity index (χ3n) is 4.57. The number of unbranched alkanes of at least 4 members (excludes halogenated alkanes) is 1. The Morgan fingerprint density at radius 2 is 1.88 bits per heavy atom. The SMILES string of the molecule is CCCCN(C)C(=O)c1cc2ccccc2cc1OCC(=O)NC1CC1. The minimum Gasteiger partial charge on any atom is -0.483 e. The van der Waals surface area contributed by atoms with Crippen molar-refractivity contribution in [1.82, 2.24) is 10.2 Å². The van der Waals surface area contributed by atoms with Gasteiger partial charge >= 0.3 is 0 Å². The molecule has 2 aromatic rings. The summed E-state index contributed by atoms with van der Waals surface area (Å²) in [5, 5.41) is 4.87. The topological polar surface area (TPSA) is 58.6 Å². The summed E-state index contributed by atoms with van der Waals surface area (Å²) in [4.78, 5) is 26.6. The van der Waals surface area contributed by atoms with Crippen molar-refractivity contribution in [1.29, 1.82) is 0 Å². The lowest BCUT2D eigenvalue weighted by Crippen LogP contribution is -2.31. The molecule has 0 aliphatic heterocycles. The number of ether oxygens (including phenoxy) is 1. The maximum absolute atomic E-state index is 12.9. The van der Waals surface area contributed by atoms with Crippen molar-refractivity contribution in [3.63, 3.8) is 0 Å². The van der Waals surface area contributed by atoms with Gasteiger partial charge in [0.15, 0.2) is 6.61 Å². The van der Waals surface area contributed by atoms with Crippen LogP contribution < -0.4 is 10.1 Å². The van der Waals surface area contributed by atoms with E-state index in [1.807, 2.05) is 36.4 Å². The van der Waals surface area contributed by atoms with Crippen LogP contribution in [0.5, 0.6) is 5.75 Å². The maximum atomic E-state index is 12.9. The second-order valence-corrected chi connectivity index (χ2v) is 6.91. The van der Waals surface area contributed by atoms with E-state index in [-0.39, 0.29) is 18.4 Å². The Kier molecular flexibility index (Phi) is 5.76. The van der Waals surface area contributed by atoms with E-state index in [0.717, 1.165) is 36.5 Å². The third-order valence-corrected chi connectivity index (χ3v) is 4.57.